The quantitative estimate of drug-likeness (QED) is 0.271. The second-order valence-electron chi connectivity index (χ2n) is 11.3. The van der Waals surface area contributed by atoms with Gasteiger partial charge in [-0.05, 0) is 61.0 Å². The number of nitrogens with zero attached hydrogens (tertiary/aromatic N) is 3. The number of nitrogens with one attached hydrogen (secondary N) is 2. The van der Waals surface area contributed by atoms with Crippen LogP contribution in [0.3, 0.4) is 0 Å². The van der Waals surface area contributed by atoms with Crippen LogP contribution in [0.15, 0.2) is 66.7 Å². The third kappa shape index (κ3) is 8.67. The number of amides is 2. The van der Waals surface area contributed by atoms with E-state index in [1.54, 1.807) is 25.3 Å². The average molecular weight is 616 g/mol. The molecule has 0 radical (unpaired) electrons. The first-order valence-electron chi connectivity index (χ1n) is 15.9. The zero-order chi connectivity index (χ0) is 31.4. The summed E-state index contributed by atoms with van der Waals surface area (Å²) in [6.45, 7) is 10.3. The van der Waals surface area contributed by atoms with Gasteiger partial charge in [-0.1, -0.05) is 25.5 Å². The molecule has 2 heterocycles. The van der Waals surface area contributed by atoms with Gasteiger partial charge in [0.05, 0.1) is 38.2 Å². The van der Waals surface area contributed by atoms with Crippen LogP contribution < -0.4 is 29.9 Å². The van der Waals surface area contributed by atoms with E-state index in [2.05, 4.69) is 38.3 Å². The summed E-state index contributed by atoms with van der Waals surface area (Å²) in [5, 5.41) is 6.10. The molecule has 2 saturated heterocycles. The van der Waals surface area contributed by atoms with Gasteiger partial charge in [0, 0.05) is 69.3 Å². The number of carbonyl (C=O) groups excluding carboxylic acids is 2. The van der Waals surface area contributed by atoms with Crippen molar-refractivity contribution < 1.29 is 23.8 Å². The maximum absolute atomic E-state index is 13.6. The second-order valence-corrected chi connectivity index (χ2v) is 11.3. The van der Waals surface area contributed by atoms with Crippen molar-refractivity contribution in [2.24, 2.45) is 0 Å². The highest BCUT2D eigenvalue weighted by atomic mass is 16.5. The lowest BCUT2D eigenvalue weighted by molar-refractivity contribution is 0.0383. The maximum atomic E-state index is 13.6. The Morgan fingerprint density at radius 3 is 2.27 bits per heavy atom. The van der Waals surface area contributed by atoms with Gasteiger partial charge >= 0.3 is 0 Å². The van der Waals surface area contributed by atoms with Crippen LogP contribution in [0, 0.1) is 0 Å². The highest BCUT2D eigenvalue weighted by Crippen LogP contribution is 2.31. The first-order valence-corrected chi connectivity index (χ1v) is 15.9. The Hall–Kier alpha value is -4.28. The predicted octanol–water partition coefficient (Wildman–Crippen LogP) is 4.52. The van der Waals surface area contributed by atoms with Crippen LogP contribution in [0.4, 0.5) is 17.1 Å². The molecule has 10 nitrogen and oxygen atoms in total. The molecule has 2 fully saturated rings. The van der Waals surface area contributed by atoms with Crippen LogP contribution in [0.25, 0.3) is 0 Å². The van der Waals surface area contributed by atoms with Gasteiger partial charge in [-0.15, -0.1) is 0 Å². The van der Waals surface area contributed by atoms with Crippen molar-refractivity contribution in [3.8, 4) is 11.5 Å². The number of anilines is 3. The molecular weight excluding hydrogens is 570 g/mol. The standard InChI is InChI=1S/C35H45N5O5/c1-3-4-23-45-29-12-9-27(10-13-29)34(41)37-28-11-14-31(30(26-28)35(42)36-15-16-38-21-24-44-25-22-38)39-17-19-40(20-18-39)32-7-5-6-8-33(32)43-2/h5-14,26H,3-4,15-25H2,1-2H3,(H,36,42)(H,37,41). The number of piperazine rings is 1. The van der Waals surface area contributed by atoms with Crippen LogP contribution in [0.2, 0.25) is 0 Å². The summed E-state index contributed by atoms with van der Waals surface area (Å²) in [6.07, 6.45) is 2.05. The van der Waals surface area contributed by atoms with Crippen LogP contribution in [-0.2, 0) is 4.74 Å². The molecule has 2 amide bonds. The highest BCUT2D eigenvalue weighted by molar-refractivity contribution is 6.06. The molecule has 0 bridgehead atoms. The van der Waals surface area contributed by atoms with E-state index in [0.29, 0.717) is 30.0 Å². The van der Waals surface area contributed by atoms with Gasteiger partial charge < -0.3 is 34.6 Å². The van der Waals surface area contributed by atoms with Crippen molar-refractivity contribution in [3.63, 3.8) is 0 Å². The summed E-state index contributed by atoms with van der Waals surface area (Å²) in [7, 11) is 1.69. The van der Waals surface area contributed by atoms with Gasteiger partial charge in [-0.25, -0.2) is 0 Å². The number of ether oxygens (including phenoxy) is 3. The maximum Gasteiger partial charge on any atom is 0.255 e. The minimum absolute atomic E-state index is 0.157. The molecular formula is C35H45N5O5. The smallest absolute Gasteiger partial charge is 0.255 e. The number of para-hydroxylation sites is 2. The molecule has 0 atom stereocenters. The van der Waals surface area contributed by atoms with Gasteiger partial charge in [0.2, 0.25) is 0 Å². The van der Waals surface area contributed by atoms with E-state index in [4.69, 9.17) is 14.2 Å². The van der Waals surface area contributed by atoms with Crippen molar-refractivity contribution in [2.75, 3.05) is 94.4 Å². The molecule has 0 aromatic heterocycles. The number of rotatable bonds is 13. The third-order valence-corrected chi connectivity index (χ3v) is 8.25. The van der Waals surface area contributed by atoms with Gasteiger partial charge in [-0.2, -0.15) is 0 Å². The fourth-order valence-corrected chi connectivity index (χ4v) is 5.64. The van der Waals surface area contributed by atoms with Crippen molar-refractivity contribution >= 4 is 28.9 Å². The van der Waals surface area contributed by atoms with E-state index in [9.17, 15) is 9.59 Å². The molecule has 0 unspecified atom stereocenters. The molecule has 0 aliphatic carbocycles. The van der Waals surface area contributed by atoms with Crippen LogP contribution in [-0.4, -0.2) is 96.0 Å². The lowest BCUT2D eigenvalue weighted by atomic mass is 10.1. The number of carbonyl (C=O) groups is 2. The van der Waals surface area contributed by atoms with E-state index < -0.39 is 0 Å². The Morgan fingerprint density at radius 1 is 0.844 bits per heavy atom. The summed E-state index contributed by atoms with van der Waals surface area (Å²) in [5.74, 6) is 1.19. The monoisotopic (exact) mass is 615 g/mol. The largest absolute Gasteiger partial charge is 0.495 e. The van der Waals surface area contributed by atoms with Crippen LogP contribution >= 0.6 is 0 Å². The zero-order valence-corrected chi connectivity index (χ0v) is 26.4. The van der Waals surface area contributed by atoms with Crippen LogP contribution in [0.5, 0.6) is 11.5 Å². The van der Waals surface area contributed by atoms with Gasteiger partial charge in [-0.3, -0.25) is 14.5 Å². The minimum atomic E-state index is -0.244. The summed E-state index contributed by atoms with van der Waals surface area (Å²) >= 11 is 0. The Kier molecular flexibility index (Phi) is 11.5. The Balaban J connectivity index is 1.28. The lowest BCUT2D eigenvalue weighted by Gasteiger charge is -2.38. The highest BCUT2D eigenvalue weighted by Gasteiger charge is 2.24. The lowest BCUT2D eigenvalue weighted by Crippen LogP contribution is -2.47. The second kappa shape index (κ2) is 16.2. The Labute approximate surface area is 266 Å². The molecule has 2 aliphatic rings. The molecule has 3 aromatic rings. The third-order valence-electron chi connectivity index (χ3n) is 8.25. The first-order chi connectivity index (χ1) is 22.1. The predicted molar refractivity (Wildman–Crippen MR) is 178 cm³/mol. The molecule has 5 rings (SSSR count). The van der Waals surface area contributed by atoms with Gasteiger partial charge in [0.1, 0.15) is 11.5 Å². The molecule has 2 N–H and O–H groups in total. The average Bonchev–Trinajstić information content (AvgIpc) is 3.09. The van der Waals surface area contributed by atoms with E-state index in [-0.39, 0.29) is 11.8 Å². The number of benzene rings is 3. The van der Waals surface area contributed by atoms with Crippen molar-refractivity contribution in [3.05, 3.63) is 77.9 Å². The fraction of sp³-hybridized carbons (Fsp3) is 0.429. The molecule has 3 aromatic carbocycles. The summed E-state index contributed by atoms with van der Waals surface area (Å²) in [6, 6.07) is 20.8. The SMILES string of the molecule is CCCCOc1ccc(C(=O)Nc2ccc(N3CCN(c4ccccc4OC)CC3)c(C(=O)NCCN3CCOCC3)c2)cc1. The fourth-order valence-electron chi connectivity index (χ4n) is 5.64. The van der Waals surface area contributed by atoms with E-state index in [0.717, 1.165) is 94.7 Å². The topological polar surface area (TPSA) is 95.6 Å². The Morgan fingerprint density at radius 2 is 1.56 bits per heavy atom. The van der Waals surface area contributed by atoms with Crippen LogP contribution in [0.1, 0.15) is 40.5 Å². The van der Waals surface area contributed by atoms with E-state index in [1.165, 1.54) is 0 Å². The number of hydrogen-bond donors (Lipinski definition) is 2. The first kappa shape index (κ1) is 32.1. The van der Waals surface area contributed by atoms with Crippen molar-refractivity contribution in [1.82, 2.24) is 10.2 Å². The van der Waals surface area contributed by atoms with E-state index >= 15 is 0 Å². The Bertz CT molecular complexity index is 1400. The molecule has 0 spiro atoms. The summed E-state index contributed by atoms with van der Waals surface area (Å²) in [4.78, 5) is 33.6. The molecule has 2 aliphatic heterocycles. The number of hydrogen-bond acceptors (Lipinski definition) is 8. The zero-order valence-electron chi connectivity index (χ0n) is 26.4. The summed E-state index contributed by atoms with van der Waals surface area (Å²) < 4.78 is 16.8. The van der Waals surface area contributed by atoms with Crippen molar-refractivity contribution in [1.29, 1.82) is 0 Å². The molecule has 240 valence electrons. The number of morpholine rings is 1. The van der Waals surface area contributed by atoms with E-state index in [1.807, 2.05) is 42.5 Å². The van der Waals surface area contributed by atoms with Crippen molar-refractivity contribution in [2.45, 2.75) is 19.8 Å². The normalized spacial score (nSPS) is 15.4. The molecule has 10 heteroatoms. The van der Waals surface area contributed by atoms with Gasteiger partial charge in [0.15, 0.2) is 0 Å². The number of unbranched alkanes of at least 4 members (excludes halogenated alkanes) is 1. The van der Waals surface area contributed by atoms with Gasteiger partial charge in [0.25, 0.3) is 11.8 Å². The summed E-state index contributed by atoms with van der Waals surface area (Å²) in [5.41, 5.74) is 3.55. The molecule has 45 heavy (non-hydrogen) atoms. The number of methoxy groups -OCH3 is 1. The minimum Gasteiger partial charge on any atom is -0.495 e. The molecule has 0 saturated carbocycles.